The molecule has 2 saturated heterocycles. The normalized spacial score (nSPS) is 19.7. The molecule has 3 amide bonds. The highest BCUT2D eigenvalue weighted by atomic mass is 32.2. The number of benzene rings is 2. The number of fused-ring (bicyclic) bond motifs is 1. The third-order valence-electron chi connectivity index (χ3n) is 7.48. The summed E-state index contributed by atoms with van der Waals surface area (Å²) in [6.07, 6.45) is 1.60. The van der Waals surface area contributed by atoms with Gasteiger partial charge >= 0.3 is 0 Å². The van der Waals surface area contributed by atoms with Crippen molar-refractivity contribution >= 4 is 33.4 Å². The Morgan fingerprint density at radius 3 is 2.41 bits per heavy atom. The molecule has 0 saturated carbocycles. The topological polar surface area (TPSA) is 129 Å². The zero-order valence-corrected chi connectivity index (χ0v) is 22.6. The minimum atomic E-state index is -3.83. The number of anilines is 1. The molecule has 1 N–H and O–H groups in total. The number of halogens is 1. The van der Waals surface area contributed by atoms with Gasteiger partial charge in [0.2, 0.25) is 27.7 Å². The van der Waals surface area contributed by atoms with E-state index in [4.69, 9.17) is 4.74 Å². The number of hydrogen-bond acceptors (Lipinski definition) is 8. The Kier molecular flexibility index (Phi) is 6.91. The molecule has 3 aliphatic heterocycles. The average Bonchev–Trinajstić information content (AvgIpc) is 3.28. The Labute approximate surface area is 235 Å². The van der Waals surface area contributed by atoms with Crippen LogP contribution in [-0.2, 0) is 26.2 Å². The lowest BCUT2D eigenvalue weighted by atomic mass is 10.0. The summed E-state index contributed by atoms with van der Waals surface area (Å²) in [6, 6.07) is 13.9. The lowest BCUT2D eigenvalue weighted by Gasteiger charge is -2.35. The third-order valence-corrected chi connectivity index (χ3v) is 9.37. The summed E-state index contributed by atoms with van der Waals surface area (Å²) in [4.78, 5) is 44.0. The van der Waals surface area contributed by atoms with Crippen LogP contribution in [0, 0.1) is 5.82 Å². The number of carbonyl (C=O) groups excluding carboxylic acids is 3. The predicted molar refractivity (Wildman–Crippen MR) is 144 cm³/mol. The first kappa shape index (κ1) is 26.8. The van der Waals surface area contributed by atoms with Crippen LogP contribution in [0.5, 0.6) is 11.6 Å². The van der Waals surface area contributed by atoms with Crippen LogP contribution in [-0.4, -0.2) is 72.5 Å². The van der Waals surface area contributed by atoms with Gasteiger partial charge in [0.05, 0.1) is 11.9 Å². The van der Waals surface area contributed by atoms with Crippen LogP contribution in [0.4, 0.5) is 10.1 Å². The van der Waals surface area contributed by atoms with Gasteiger partial charge in [0.15, 0.2) is 0 Å². The van der Waals surface area contributed by atoms with E-state index >= 15 is 4.39 Å². The fourth-order valence-electron chi connectivity index (χ4n) is 5.33. The molecular weight excluding hydrogens is 553 g/mol. The van der Waals surface area contributed by atoms with Crippen molar-refractivity contribution in [3.63, 3.8) is 0 Å². The SMILES string of the molecule is O=C1CCC(N2Cc3cc(N4CCN(S(=O)(=O)c5ccc(Oc6ccccc6)nc5)CC4)c(F)cc3C2=O)C(=O)N1. The number of aromatic nitrogens is 1. The first-order valence-electron chi connectivity index (χ1n) is 13.1. The number of rotatable bonds is 6. The monoisotopic (exact) mass is 579 g/mol. The van der Waals surface area contributed by atoms with Gasteiger partial charge < -0.3 is 14.5 Å². The number of hydrogen-bond donors (Lipinski definition) is 1. The second-order valence-corrected chi connectivity index (χ2v) is 11.9. The molecule has 0 bridgehead atoms. The van der Waals surface area contributed by atoms with Gasteiger partial charge in [-0.25, -0.2) is 17.8 Å². The van der Waals surface area contributed by atoms with E-state index in [1.807, 2.05) is 18.2 Å². The number of nitrogens with one attached hydrogen (secondary N) is 1. The van der Waals surface area contributed by atoms with E-state index in [9.17, 15) is 22.8 Å². The molecule has 3 aromatic rings. The Morgan fingerprint density at radius 2 is 1.73 bits per heavy atom. The molecule has 0 radical (unpaired) electrons. The van der Waals surface area contributed by atoms with Crippen LogP contribution in [0.25, 0.3) is 0 Å². The molecule has 2 fully saturated rings. The molecular formula is C28H26FN5O6S. The van der Waals surface area contributed by atoms with Gasteiger partial charge in [-0.2, -0.15) is 4.31 Å². The summed E-state index contributed by atoms with van der Waals surface area (Å²) >= 11 is 0. The molecule has 0 spiro atoms. The van der Waals surface area contributed by atoms with E-state index in [2.05, 4.69) is 10.3 Å². The van der Waals surface area contributed by atoms with E-state index in [0.29, 0.717) is 11.3 Å². The fraction of sp³-hybridized carbons (Fsp3) is 0.286. The highest BCUT2D eigenvalue weighted by molar-refractivity contribution is 7.89. The number of para-hydroxylation sites is 1. The van der Waals surface area contributed by atoms with Crippen LogP contribution in [0.2, 0.25) is 0 Å². The van der Waals surface area contributed by atoms with Gasteiger partial charge in [-0.1, -0.05) is 18.2 Å². The summed E-state index contributed by atoms with van der Waals surface area (Å²) < 4.78 is 48.7. The van der Waals surface area contributed by atoms with Gasteiger partial charge in [-0.3, -0.25) is 19.7 Å². The van der Waals surface area contributed by atoms with Crippen molar-refractivity contribution in [3.8, 4) is 11.6 Å². The summed E-state index contributed by atoms with van der Waals surface area (Å²) in [6.45, 7) is 0.856. The molecule has 11 nitrogen and oxygen atoms in total. The van der Waals surface area contributed by atoms with Crippen LogP contribution < -0.4 is 15.0 Å². The molecule has 6 rings (SSSR count). The van der Waals surface area contributed by atoms with E-state index in [-0.39, 0.29) is 73.5 Å². The van der Waals surface area contributed by atoms with Crippen molar-refractivity contribution in [2.24, 2.45) is 0 Å². The molecule has 1 atom stereocenters. The summed E-state index contributed by atoms with van der Waals surface area (Å²) in [5.41, 5.74) is 1.03. The largest absolute Gasteiger partial charge is 0.439 e. The van der Waals surface area contributed by atoms with Crippen molar-refractivity contribution in [1.82, 2.24) is 19.5 Å². The number of nitrogens with zero attached hydrogens (tertiary/aromatic N) is 4. The fourth-order valence-corrected chi connectivity index (χ4v) is 6.69. The van der Waals surface area contributed by atoms with Gasteiger partial charge in [0.25, 0.3) is 5.91 Å². The minimum Gasteiger partial charge on any atom is -0.439 e. The first-order chi connectivity index (χ1) is 19.7. The van der Waals surface area contributed by atoms with Crippen molar-refractivity contribution in [2.75, 3.05) is 31.1 Å². The van der Waals surface area contributed by atoms with E-state index in [1.165, 1.54) is 33.6 Å². The highest BCUT2D eigenvalue weighted by Crippen LogP contribution is 2.33. The van der Waals surface area contributed by atoms with E-state index in [0.717, 1.165) is 0 Å². The summed E-state index contributed by atoms with van der Waals surface area (Å²) in [7, 11) is -3.83. The molecule has 1 unspecified atom stereocenters. The molecule has 4 heterocycles. The third kappa shape index (κ3) is 5.13. The molecule has 2 aromatic carbocycles. The van der Waals surface area contributed by atoms with Crippen LogP contribution in [0.15, 0.2) is 65.7 Å². The highest BCUT2D eigenvalue weighted by Gasteiger charge is 2.40. The number of pyridine rings is 1. The van der Waals surface area contributed by atoms with Crippen molar-refractivity contribution < 1.29 is 31.9 Å². The number of ether oxygens (including phenoxy) is 1. The second-order valence-electron chi connectivity index (χ2n) is 10.00. The van der Waals surface area contributed by atoms with Gasteiger partial charge in [0.1, 0.15) is 22.5 Å². The Bertz CT molecular complexity index is 1630. The van der Waals surface area contributed by atoms with Crippen LogP contribution in [0.1, 0.15) is 28.8 Å². The molecule has 212 valence electrons. The van der Waals surface area contributed by atoms with Crippen LogP contribution >= 0.6 is 0 Å². The van der Waals surface area contributed by atoms with Crippen molar-refractivity contribution in [1.29, 1.82) is 0 Å². The maximum absolute atomic E-state index is 15.2. The zero-order chi connectivity index (χ0) is 28.7. The van der Waals surface area contributed by atoms with E-state index in [1.54, 1.807) is 23.1 Å². The van der Waals surface area contributed by atoms with Crippen LogP contribution in [0.3, 0.4) is 0 Å². The second kappa shape index (κ2) is 10.6. The average molecular weight is 580 g/mol. The van der Waals surface area contributed by atoms with E-state index < -0.39 is 33.7 Å². The molecule has 0 aliphatic carbocycles. The Balaban J connectivity index is 1.12. The number of sulfonamides is 1. The zero-order valence-electron chi connectivity index (χ0n) is 21.8. The lowest BCUT2D eigenvalue weighted by molar-refractivity contribution is -0.136. The first-order valence-corrected chi connectivity index (χ1v) is 14.6. The van der Waals surface area contributed by atoms with Gasteiger partial charge in [-0.15, -0.1) is 0 Å². The lowest BCUT2D eigenvalue weighted by Crippen LogP contribution is -2.52. The minimum absolute atomic E-state index is 0.0297. The van der Waals surface area contributed by atoms with Gasteiger partial charge in [0, 0.05) is 50.8 Å². The molecule has 41 heavy (non-hydrogen) atoms. The molecule has 13 heteroatoms. The Morgan fingerprint density at radius 1 is 0.976 bits per heavy atom. The van der Waals surface area contributed by atoms with Crippen molar-refractivity contribution in [3.05, 3.63) is 77.7 Å². The smallest absolute Gasteiger partial charge is 0.255 e. The number of amides is 3. The quantitative estimate of drug-likeness (QED) is 0.441. The Hall–Kier alpha value is -4.36. The standard InChI is InChI=1S/C28H26FN5O6S/c29-22-15-21-18(17-34(28(21)37)23-7-8-25(35)31-27(23)36)14-24(22)32-10-12-33(13-11-32)41(38,39)20-6-9-26(30-16-20)40-19-4-2-1-3-5-19/h1-6,9,14-16,23H,7-8,10-13,17H2,(H,31,35,36). The van der Waals surface area contributed by atoms with Crippen molar-refractivity contribution in [2.45, 2.75) is 30.3 Å². The number of carbonyl (C=O) groups is 3. The number of piperidine rings is 1. The summed E-state index contributed by atoms with van der Waals surface area (Å²) in [5.74, 6) is -1.12. The number of piperazine rings is 1. The number of imide groups is 1. The molecule has 1 aromatic heterocycles. The maximum Gasteiger partial charge on any atom is 0.255 e. The maximum atomic E-state index is 15.2. The summed E-state index contributed by atoms with van der Waals surface area (Å²) in [5, 5.41) is 2.25. The van der Waals surface area contributed by atoms with Gasteiger partial charge in [-0.05, 0) is 42.3 Å². The predicted octanol–water partition coefficient (Wildman–Crippen LogP) is 2.28. The molecule has 3 aliphatic rings.